The summed E-state index contributed by atoms with van der Waals surface area (Å²) in [5, 5.41) is 11.8. The molecule has 0 fully saturated rings. The van der Waals surface area contributed by atoms with Gasteiger partial charge < -0.3 is 10.1 Å². The van der Waals surface area contributed by atoms with Crippen molar-refractivity contribution in [2.45, 2.75) is 39.8 Å². The van der Waals surface area contributed by atoms with Crippen LogP contribution in [0.15, 0.2) is 30.5 Å². The van der Waals surface area contributed by atoms with Crippen molar-refractivity contribution < 1.29 is 4.74 Å². The Morgan fingerprint density at radius 3 is 2.76 bits per heavy atom. The maximum atomic E-state index is 5.77. The summed E-state index contributed by atoms with van der Waals surface area (Å²) < 4.78 is 7.74. The smallest absolute Gasteiger partial charge is 0.124 e. The summed E-state index contributed by atoms with van der Waals surface area (Å²) in [6.07, 6.45) is 2.87. The van der Waals surface area contributed by atoms with Crippen molar-refractivity contribution in [3.63, 3.8) is 0 Å². The zero-order chi connectivity index (χ0) is 15.1. The van der Waals surface area contributed by atoms with Crippen molar-refractivity contribution in [1.29, 1.82) is 0 Å². The predicted octanol–water partition coefficient (Wildman–Crippen LogP) is 2.79. The molecule has 0 aliphatic heterocycles. The Morgan fingerprint density at radius 2 is 2.05 bits per heavy atom. The van der Waals surface area contributed by atoms with Gasteiger partial charge in [0, 0.05) is 12.1 Å². The van der Waals surface area contributed by atoms with Crippen LogP contribution in [0.1, 0.15) is 44.5 Å². The molecule has 0 amide bonds. The number of ether oxygens (including phenoxy) is 1. The molecule has 0 aliphatic carbocycles. The lowest BCUT2D eigenvalue weighted by Crippen LogP contribution is -2.25. The molecule has 1 aromatic carbocycles. The van der Waals surface area contributed by atoms with Crippen molar-refractivity contribution in [2.75, 3.05) is 13.2 Å². The van der Waals surface area contributed by atoms with E-state index in [-0.39, 0.29) is 6.04 Å². The molecule has 0 aliphatic rings. The van der Waals surface area contributed by atoms with Crippen LogP contribution in [0.2, 0.25) is 0 Å². The average molecular weight is 288 g/mol. The Bertz CT molecular complexity index is 553. The molecule has 5 heteroatoms. The second kappa shape index (κ2) is 7.78. The van der Waals surface area contributed by atoms with E-state index in [1.807, 2.05) is 36.0 Å². The topological polar surface area (TPSA) is 52.0 Å². The van der Waals surface area contributed by atoms with E-state index >= 15 is 0 Å². The van der Waals surface area contributed by atoms with Crippen molar-refractivity contribution >= 4 is 0 Å². The van der Waals surface area contributed by atoms with Gasteiger partial charge in [-0.1, -0.05) is 37.3 Å². The van der Waals surface area contributed by atoms with Gasteiger partial charge in [0.05, 0.1) is 24.5 Å². The van der Waals surface area contributed by atoms with Gasteiger partial charge in [0.2, 0.25) is 0 Å². The molecule has 1 aromatic heterocycles. The second-order valence-corrected chi connectivity index (χ2v) is 4.84. The summed E-state index contributed by atoms with van der Waals surface area (Å²) >= 11 is 0. The van der Waals surface area contributed by atoms with Gasteiger partial charge in [-0.25, -0.2) is 4.68 Å². The largest absolute Gasteiger partial charge is 0.494 e. The van der Waals surface area contributed by atoms with E-state index in [2.05, 4.69) is 35.5 Å². The molecule has 2 aromatic rings. The van der Waals surface area contributed by atoms with Gasteiger partial charge in [-0.05, 0) is 26.0 Å². The number of aryl methyl sites for hydroxylation is 1. The van der Waals surface area contributed by atoms with E-state index in [0.29, 0.717) is 6.61 Å². The maximum absolute atomic E-state index is 5.77. The first kappa shape index (κ1) is 15.5. The molecule has 0 saturated heterocycles. The third-order valence-corrected chi connectivity index (χ3v) is 3.32. The number of hydrogen-bond donors (Lipinski definition) is 1. The molecule has 0 radical (unpaired) electrons. The van der Waals surface area contributed by atoms with Gasteiger partial charge in [-0.2, -0.15) is 0 Å². The molecule has 0 bridgehead atoms. The highest BCUT2D eigenvalue weighted by molar-refractivity contribution is 5.39. The number of benzene rings is 1. The number of hydrogen-bond acceptors (Lipinski definition) is 4. The molecular formula is C16H24N4O. The van der Waals surface area contributed by atoms with E-state index < -0.39 is 0 Å². The van der Waals surface area contributed by atoms with Crippen LogP contribution in [-0.4, -0.2) is 28.1 Å². The summed E-state index contributed by atoms with van der Waals surface area (Å²) in [4.78, 5) is 0. The van der Waals surface area contributed by atoms with Crippen LogP contribution in [0.4, 0.5) is 0 Å². The monoisotopic (exact) mass is 288 g/mol. The zero-order valence-electron chi connectivity index (χ0n) is 13.0. The molecule has 21 heavy (non-hydrogen) atoms. The third kappa shape index (κ3) is 3.61. The number of nitrogens with zero attached hydrogens (tertiary/aromatic N) is 3. The summed E-state index contributed by atoms with van der Waals surface area (Å²) in [6, 6.07) is 8.19. The van der Waals surface area contributed by atoms with Crippen LogP contribution in [0, 0.1) is 0 Å². The predicted molar refractivity (Wildman–Crippen MR) is 83.4 cm³/mol. The van der Waals surface area contributed by atoms with Gasteiger partial charge in [-0.3, -0.25) is 0 Å². The number of rotatable bonds is 8. The molecule has 1 N–H and O–H groups in total. The van der Waals surface area contributed by atoms with Gasteiger partial charge in [0.15, 0.2) is 0 Å². The highest BCUT2D eigenvalue weighted by Crippen LogP contribution is 2.29. The lowest BCUT2D eigenvalue weighted by atomic mass is 10.0. The Kier molecular flexibility index (Phi) is 5.75. The third-order valence-electron chi connectivity index (χ3n) is 3.32. The minimum absolute atomic E-state index is 0.0410. The number of para-hydroxylation sites is 1. The standard InChI is InChI=1S/C16H24N4O/c1-4-11-20-14(12-18-19-20)16(17-5-2)13-9-7-8-10-15(13)21-6-3/h7-10,12,16-17H,4-6,11H2,1-3H3. The normalized spacial score (nSPS) is 12.3. The summed E-state index contributed by atoms with van der Waals surface area (Å²) in [5.41, 5.74) is 2.20. The highest BCUT2D eigenvalue weighted by atomic mass is 16.5. The molecule has 0 saturated carbocycles. The van der Waals surface area contributed by atoms with E-state index in [1.165, 1.54) is 0 Å². The molecule has 1 heterocycles. The molecular weight excluding hydrogens is 264 g/mol. The van der Waals surface area contributed by atoms with E-state index in [1.54, 1.807) is 0 Å². The van der Waals surface area contributed by atoms with Crippen molar-refractivity contribution in [3.8, 4) is 5.75 Å². The van der Waals surface area contributed by atoms with Crippen LogP contribution in [0.5, 0.6) is 5.75 Å². The zero-order valence-corrected chi connectivity index (χ0v) is 13.0. The quantitative estimate of drug-likeness (QED) is 0.811. The highest BCUT2D eigenvalue weighted by Gasteiger charge is 2.21. The fourth-order valence-corrected chi connectivity index (χ4v) is 2.46. The van der Waals surface area contributed by atoms with Crippen LogP contribution in [0.25, 0.3) is 0 Å². The fourth-order valence-electron chi connectivity index (χ4n) is 2.46. The first-order chi connectivity index (χ1) is 10.3. The Morgan fingerprint density at radius 1 is 1.24 bits per heavy atom. The van der Waals surface area contributed by atoms with E-state index in [4.69, 9.17) is 4.74 Å². The van der Waals surface area contributed by atoms with E-state index in [9.17, 15) is 0 Å². The minimum Gasteiger partial charge on any atom is -0.494 e. The molecule has 114 valence electrons. The lowest BCUT2D eigenvalue weighted by Gasteiger charge is -2.21. The van der Waals surface area contributed by atoms with Crippen LogP contribution < -0.4 is 10.1 Å². The first-order valence-corrected chi connectivity index (χ1v) is 7.65. The number of nitrogens with one attached hydrogen (secondary N) is 1. The molecule has 1 atom stereocenters. The molecule has 5 nitrogen and oxygen atoms in total. The van der Waals surface area contributed by atoms with E-state index in [0.717, 1.165) is 36.5 Å². The lowest BCUT2D eigenvalue weighted by molar-refractivity contribution is 0.332. The Balaban J connectivity index is 2.41. The van der Waals surface area contributed by atoms with Crippen molar-refractivity contribution in [3.05, 3.63) is 41.7 Å². The van der Waals surface area contributed by atoms with Crippen LogP contribution in [-0.2, 0) is 6.54 Å². The fraction of sp³-hybridized carbons (Fsp3) is 0.500. The average Bonchev–Trinajstić information content (AvgIpc) is 2.94. The van der Waals surface area contributed by atoms with Gasteiger partial charge in [0.1, 0.15) is 5.75 Å². The van der Waals surface area contributed by atoms with Crippen LogP contribution in [0.3, 0.4) is 0 Å². The summed E-state index contributed by atoms with van der Waals surface area (Å²) in [7, 11) is 0. The molecule has 1 unspecified atom stereocenters. The van der Waals surface area contributed by atoms with Crippen LogP contribution >= 0.6 is 0 Å². The van der Waals surface area contributed by atoms with Crippen molar-refractivity contribution in [2.24, 2.45) is 0 Å². The first-order valence-electron chi connectivity index (χ1n) is 7.65. The minimum atomic E-state index is 0.0410. The Hall–Kier alpha value is -1.88. The summed E-state index contributed by atoms with van der Waals surface area (Å²) in [5.74, 6) is 0.912. The molecule has 0 spiro atoms. The maximum Gasteiger partial charge on any atom is 0.124 e. The SMILES string of the molecule is CCCn1nncc1C(NCC)c1ccccc1OCC. The van der Waals surface area contributed by atoms with Crippen molar-refractivity contribution in [1.82, 2.24) is 20.3 Å². The second-order valence-electron chi connectivity index (χ2n) is 4.84. The van der Waals surface area contributed by atoms with Gasteiger partial charge >= 0.3 is 0 Å². The van der Waals surface area contributed by atoms with Gasteiger partial charge in [-0.15, -0.1) is 5.10 Å². The van der Waals surface area contributed by atoms with Gasteiger partial charge in [0.25, 0.3) is 0 Å². The summed E-state index contributed by atoms with van der Waals surface area (Å²) in [6.45, 7) is 8.63. The number of aromatic nitrogens is 3. The Labute approximate surface area is 126 Å². The molecule has 2 rings (SSSR count).